The van der Waals surface area contributed by atoms with E-state index < -0.39 is 39.8 Å². The van der Waals surface area contributed by atoms with Crippen LogP contribution in [0.2, 0.25) is 5.02 Å². The molecule has 1 rings (SSSR count). The van der Waals surface area contributed by atoms with E-state index in [9.17, 15) is 14.3 Å². The van der Waals surface area contributed by atoms with Crippen molar-refractivity contribution in [1.29, 1.82) is 0 Å². The van der Waals surface area contributed by atoms with Crippen LogP contribution in [0, 0.1) is 5.82 Å². The summed E-state index contributed by atoms with van der Waals surface area (Å²) in [7, 11) is 0. The second-order valence-electron chi connectivity index (χ2n) is 3.01. The van der Waals surface area contributed by atoms with Crippen molar-refractivity contribution in [2.75, 3.05) is 0 Å². The Morgan fingerprint density at radius 3 is 2.53 bits per heavy atom. The molecule has 0 saturated carbocycles. The number of hydrogen-bond donors (Lipinski definition) is 3. The standard InChI is InChI=1S/C9H8ClFO4/c1-3(9(14)15)6-7(11)4(10)2-5(12)8(6)13/h2-3,12-13H,1H3,(H,14,15). The zero-order valence-electron chi connectivity index (χ0n) is 7.66. The summed E-state index contributed by atoms with van der Waals surface area (Å²) in [6.45, 7) is 1.18. The van der Waals surface area contributed by atoms with Gasteiger partial charge in [0, 0.05) is 11.6 Å². The van der Waals surface area contributed by atoms with Crippen LogP contribution in [0.15, 0.2) is 6.07 Å². The molecule has 1 atom stereocenters. The minimum Gasteiger partial charge on any atom is -0.504 e. The third-order valence-corrected chi connectivity index (χ3v) is 2.29. The second-order valence-corrected chi connectivity index (χ2v) is 3.42. The number of hydrogen-bond acceptors (Lipinski definition) is 3. The molecule has 1 aromatic carbocycles. The molecule has 0 fully saturated rings. The highest BCUT2D eigenvalue weighted by molar-refractivity contribution is 6.31. The molecule has 0 aromatic heterocycles. The first-order chi connectivity index (χ1) is 6.86. The first kappa shape index (κ1) is 11.6. The zero-order valence-corrected chi connectivity index (χ0v) is 8.42. The molecule has 0 heterocycles. The average Bonchev–Trinajstić information content (AvgIpc) is 2.15. The van der Waals surface area contributed by atoms with Crippen molar-refractivity contribution in [2.24, 2.45) is 0 Å². The van der Waals surface area contributed by atoms with Crippen LogP contribution in [0.5, 0.6) is 11.5 Å². The lowest BCUT2D eigenvalue weighted by Crippen LogP contribution is -2.10. The van der Waals surface area contributed by atoms with Crippen LogP contribution < -0.4 is 0 Å². The molecular weight excluding hydrogens is 227 g/mol. The van der Waals surface area contributed by atoms with Gasteiger partial charge in [-0.25, -0.2) is 4.39 Å². The van der Waals surface area contributed by atoms with Crippen LogP contribution in [0.1, 0.15) is 18.4 Å². The Bertz CT molecular complexity index is 393. The maximum absolute atomic E-state index is 13.4. The average molecular weight is 235 g/mol. The Labute approximate surface area is 89.5 Å². The molecule has 82 valence electrons. The topological polar surface area (TPSA) is 77.8 Å². The van der Waals surface area contributed by atoms with Crippen LogP contribution >= 0.6 is 11.6 Å². The van der Waals surface area contributed by atoms with Gasteiger partial charge < -0.3 is 15.3 Å². The third-order valence-electron chi connectivity index (χ3n) is 2.01. The predicted molar refractivity (Wildman–Crippen MR) is 50.8 cm³/mol. The molecule has 6 heteroatoms. The number of aliphatic carboxylic acids is 1. The van der Waals surface area contributed by atoms with Crippen LogP contribution in [0.25, 0.3) is 0 Å². The summed E-state index contributed by atoms with van der Waals surface area (Å²) < 4.78 is 13.4. The summed E-state index contributed by atoms with van der Waals surface area (Å²) in [5, 5.41) is 26.7. The Balaban J connectivity index is 3.45. The van der Waals surface area contributed by atoms with Gasteiger partial charge in [-0.2, -0.15) is 0 Å². The van der Waals surface area contributed by atoms with Crippen molar-refractivity contribution in [2.45, 2.75) is 12.8 Å². The Kier molecular flexibility index (Phi) is 3.04. The number of carboxylic acids is 1. The Morgan fingerprint density at radius 2 is 2.07 bits per heavy atom. The summed E-state index contributed by atoms with van der Waals surface area (Å²) in [5.74, 6) is -5.11. The molecule has 0 spiro atoms. The molecule has 1 unspecified atom stereocenters. The van der Waals surface area contributed by atoms with E-state index in [0.29, 0.717) is 0 Å². The van der Waals surface area contributed by atoms with Gasteiger partial charge in [-0.15, -0.1) is 0 Å². The number of carboxylic acid groups (broad SMARTS) is 1. The fraction of sp³-hybridized carbons (Fsp3) is 0.222. The Hall–Kier alpha value is -1.49. The lowest BCUT2D eigenvalue weighted by Gasteiger charge is -2.12. The molecule has 1 aromatic rings. The van der Waals surface area contributed by atoms with Gasteiger partial charge >= 0.3 is 5.97 Å². The monoisotopic (exact) mass is 234 g/mol. The normalized spacial score (nSPS) is 12.5. The highest BCUT2D eigenvalue weighted by atomic mass is 35.5. The summed E-state index contributed by atoms with van der Waals surface area (Å²) in [5.41, 5.74) is -0.521. The van der Waals surface area contributed by atoms with Crippen molar-refractivity contribution in [1.82, 2.24) is 0 Å². The highest BCUT2D eigenvalue weighted by Crippen LogP contribution is 2.39. The van der Waals surface area contributed by atoms with E-state index >= 15 is 0 Å². The van der Waals surface area contributed by atoms with Crippen LogP contribution in [-0.2, 0) is 4.79 Å². The number of phenolic OH excluding ortho intramolecular Hbond substituents is 2. The number of aromatic hydroxyl groups is 2. The Morgan fingerprint density at radius 1 is 1.53 bits per heavy atom. The fourth-order valence-electron chi connectivity index (χ4n) is 1.14. The number of carbonyl (C=O) groups is 1. The lowest BCUT2D eigenvalue weighted by atomic mass is 9.99. The van der Waals surface area contributed by atoms with Gasteiger partial charge in [-0.1, -0.05) is 11.6 Å². The minimum atomic E-state index is -1.33. The molecule has 0 aliphatic heterocycles. The number of benzene rings is 1. The summed E-state index contributed by atoms with van der Waals surface area (Å²) >= 11 is 5.40. The summed E-state index contributed by atoms with van der Waals surface area (Å²) in [6, 6.07) is 0.810. The summed E-state index contributed by atoms with van der Waals surface area (Å²) in [6.07, 6.45) is 0. The number of halogens is 2. The van der Waals surface area contributed by atoms with E-state index in [-0.39, 0.29) is 0 Å². The van der Waals surface area contributed by atoms with Crippen LogP contribution in [0.3, 0.4) is 0 Å². The van der Waals surface area contributed by atoms with Crippen LogP contribution in [-0.4, -0.2) is 21.3 Å². The molecule has 3 N–H and O–H groups in total. The van der Waals surface area contributed by atoms with E-state index in [1.54, 1.807) is 0 Å². The van der Waals surface area contributed by atoms with Gasteiger partial charge in [0.25, 0.3) is 0 Å². The van der Waals surface area contributed by atoms with Gasteiger partial charge in [0.15, 0.2) is 11.5 Å². The maximum atomic E-state index is 13.4. The highest BCUT2D eigenvalue weighted by Gasteiger charge is 2.26. The number of rotatable bonds is 2. The second kappa shape index (κ2) is 3.94. The van der Waals surface area contributed by atoms with Crippen molar-refractivity contribution in [3.63, 3.8) is 0 Å². The van der Waals surface area contributed by atoms with Crippen molar-refractivity contribution >= 4 is 17.6 Å². The quantitative estimate of drug-likeness (QED) is 0.685. The van der Waals surface area contributed by atoms with Crippen molar-refractivity contribution < 1.29 is 24.5 Å². The maximum Gasteiger partial charge on any atom is 0.310 e. The molecule has 0 amide bonds. The number of phenols is 2. The molecule has 15 heavy (non-hydrogen) atoms. The van der Waals surface area contributed by atoms with Gasteiger partial charge in [0.05, 0.1) is 10.9 Å². The SMILES string of the molecule is CC(C(=O)O)c1c(O)c(O)cc(Cl)c1F. The molecule has 0 aliphatic carbocycles. The molecule has 0 aliphatic rings. The van der Waals surface area contributed by atoms with Gasteiger partial charge in [-0.05, 0) is 6.92 Å². The van der Waals surface area contributed by atoms with E-state index in [0.717, 1.165) is 6.07 Å². The molecule has 0 radical (unpaired) electrons. The molecule has 0 bridgehead atoms. The smallest absolute Gasteiger partial charge is 0.310 e. The largest absolute Gasteiger partial charge is 0.504 e. The van der Waals surface area contributed by atoms with Crippen molar-refractivity contribution in [3.8, 4) is 11.5 Å². The fourth-order valence-corrected chi connectivity index (χ4v) is 1.35. The van der Waals surface area contributed by atoms with Crippen molar-refractivity contribution in [3.05, 3.63) is 22.5 Å². The van der Waals surface area contributed by atoms with E-state index in [1.807, 2.05) is 0 Å². The van der Waals surface area contributed by atoms with E-state index in [2.05, 4.69) is 0 Å². The van der Waals surface area contributed by atoms with Gasteiger partial charge in [0.1, 0.15) is 5.82 Å². The van der Waals surface area contributed by atoms with Crippen LogP contribution in [0.4, 0.5) is 4.39 Å². The molecule has 0 saturated heterocycles. The van der Waals surface area contributed by atoms with Gasteiger partial charge in [0.2, 0.25) is 0 Å². The molecular formula is C9H8ClFO4. The first-order valence-electron chi connectivity index (χ1n) is 3.98. The lowest BCUT2D eigenvalue weighted by molar-refractivity contribution is -0.138. The predicted octanol–water partition coefficient (Wildman–Crippen LogP) is 2.08. The van der Waals surface area contributed by atoms with Gasteiger partial charge in [-0.3, -0.25) is 4.79 Å². The minimum absolute atomic E-state index is 0.437. The third kappa shape index (κ3) is 1.97. The summed E-state index contributed by atoms with van der Waals surface area (Å²) in [4.78, 5) is 10.6. The zero-order chi connectivity index (χ0) is 11.7. The first-order valence-corrected chi connectivity index (χ1v) is 4.36. The van der Waals surface area contributed by atoms with E-state index in [1.165, 1.54) is 6.92 Å². The molecule has 4 nitrogen and oxygen atoms in total. The van der Waals surface area contributed by atoms with E-state index in [4.69, 9.17) is 21.8 Å².